The molecule has 0 spiro atoms. The highest BCUT2D eigenvalue weighted by atomic mass is 32.2. The molecule has 114 valence electrons. The molecule has 1 aromatic carbocycles. The number of rotatable bonds is 3. The van der Waals surface area contributed by atoms with E-state index in [9.17, 15) is 8.42 Å². The van der Waals surface area contributed by atoms with Crippen LogP contribution < -0.4 is 0 Å². The van der Waals surface area contributed by atoms with Crippen molar-refractivity contribution in [3.63, 3.8) is 0 Å². The molecule has 1 aliphatic heterocycles. The first-order chi connectivity index (χ1) is 10.5. The molecule has 0 N–H and O–H groups in total. The quantitative estimate of drug-likeness (QED) is 0.859. The molecule has 0 bridgehead atoms. The number of nitriles is 1. The van der Waals surface area contributed by atoms with Crippen LogP contribution in [0.4, 0.5) is 0 Å². The van der Waals surface area contributed by atoms with E-state index in [4.69, 9.17) is 9.78 Å². The van der Waals surface area contributed by atoms with Crippen molar-refractivity contribution in [1.82, 2.24) is 10.1 Å². The second-order valence-corrected chi connectivity index (χ2v) is 7.78. The molecule has 1 aliphatic rings. The normalized spacial score (nSPS) is 21.4. The summed E-state index contributed by atoms with van der Waals surface area (Å²) >= 11 is 0. The lowest BCUT2D eigenvalue weighted by Gasteiger charge is -2.06. The van der Waals surface area contributed by atoms with Gasteiger partial charge in [0.2, 0.25) is 5.89 Å². The second kappa shape index (κ2) is 5.54. The van der Waals surface area contributed by atoms with Crippen molar-refractivity contribution in [3.8, 4) is 6.07 Å². The van der Waals surface area contributed by atoms with Gasteiger partial charge in [-0.15, -0.1) is 0 Å². The van der Waals surface area contributed by atoms with Gasteiger partial charge >= 0.3 is 0 Å². The molecule has 2 unspecified atom stereocenters. The molecule has 7 heteroatoms. The van der Waals surface area contributed by atoms with Gasteiger partial charge < -0.3 is 4.52 Å². The standard InChI is InChI=1S/C15H15N3O3S/c1-10(12-4-2-3-11(7-12)8-16)15-17-14(18-21-15)13-5-6-22(19,20)9-13/h2-4,7,10,13H,5-6,9H2,1H3. The molecule has 3 rings (SSSR count). The van der Waals surface area contributed by atoms with Gasteiger partial charge in [-0.2, -0.15) is 10.2 Å². The highest BCUT2D eigenvalue weighted by Crippen LogP contribution is 2.29. The molecule has 1 fully saturated rings. The van der Waals surface area contributed by atoms with Crippen molar-refractivity contribution in [2.24, 2.45) is 0 Å². The molecule has 6 nitrogen and oxygen atoms in total. The van der Waals surface area contributed by atoms with Crippen LogP contribution in [0.2, 0.25) is 0 Å². The van der Waals surface area contributed by atoms with E-state index < -0.39 is 9.84 Å². The van der Waals surface area contributed by atoms with Crippen LogP contribution in [0, 0.1) is 11.3 Å². The fourth-order valence-electron chi connectivity index (χ4n) is 2.61. The van der Waals surface area contributed by atoms with E-state index >= 15 is 0 Å². The van der Waals surface area contributed by atoms with Gasteiger partial charge in [-0.05, 0) is 31.0 Å². The van der Waals surface area contributed by atoms with Crippen LogP contribution in [-0.2, 0) is 9.84 Å². The lowest BCUT2D eigenvalue weighted by Crippen LogP contribution is -2.05. The minimum atomic E-state index is -2.97. The number of benzene rings is 1. The molecule has 1 saturated heterocycles. The summed E-state index contributed by atoms with van der Waals surface area (Å²) in [4.78, 5) is 4.36. The van der Waals surface area contributed by atoms with Crippen LogP contribution in [0.1, 0.15) is 48.0 Å². The molecule has 1 aromatic heterocycles. The molecule has 2 aromatic rings. The van der Waals surface area contributed by atoms with Crippen LogP contribution in [0.15, 0.2) is 28.8 Å². The van der Waals surface area contributed by atoms with Crippen molar-refractivity contribution in [2.75, 3.05) is 11.5 Å². The summed E-state index contributed by atoms with van der Waals surface area (Å²) < 4.78 is 28.4. The van der Waals surface area contributed by atoms with Gasteiger partial charge in [-0.1, -0.05) is 17.3 Å². The Kier molecular flexibility index (Phi) is 3.71. The zero-order valence-electron chi connectivity index (χ0n) is 12.1. The lowest BCUT2D eigenvalue weighted by atomic mass is 9.99. The first kappa shape index (κ1) is 14.7. The van der Waals surface area contributed by atoms with E-state index in [1.165, 1.54) is 0 Å². The van der Waals surface area contributed by atoms with Gasteiger partial charge in [-0.25, -0.2) is 8.42 Å². The first-order valence-electron chi connectivity index (χ1n) is 7.02. The Balaban J connectivity index is 1.83. The molecule has 2 heterocycles. The van der Waals surface area contributed by atoms with Crippen LogP contribution >= 0.6 is 0 Å². The van der Waals surface area contributed by atoms with Crippen LogP contribution in [-0.4, -0.2) is 30.1 Å². The van der Waals surface area contributed by atoms with Crippen molar-refractivity contribution in [2.45, 2.75) is 25.2 Å². The zero-order chi connectivity index (χ0) is 15.7. The minimum Gasteiger partial charge on any atom is -0.339 e. The first-order valence-corrected chi connectivity index (χ1v) is 8.84. The summed E-state index contributed by atoms with van der Waals surface area (Å²) in [5, 5.41) is 12.9. The summed E-state index contributed by atoms with van der Waals surface area (Å²) in [6.07, 6.45) is 0.541. The summed E-state index contributed by atoms with van der Waals surface area (Å²) in [5.74, 6) is 0.840. The van der Waals surface area contributed by atoms with E-state index in [2.05, 4.69) is 16.2 Å². The van der Waals surface area contributed by atoms with Gasteiger partial charge in [0.15, 0.2) is 15.7 Å². The lowest BCUT2D eigenvalue weighted by molar-refractivity contribution is 0.363. The second-order valence-electron chi connectivity index (χ2n) is 5.55. The fourth-order valence-corrected chi connectivity index (χ4v) is 4.35. The van der Waals surface area contributed by atoms with Crippen molar-refractivity contribution in [3.05, 3.63) is 47.1 Å². The largest absolute Gasteiger partial charge is 0.339 e. The van der Waals surface area contributed by atoms with Crippen LogP contribution in [0.5, 0.6) is 0 Å². The summed E-state index contributed by atoms with van der Waals surface area (Å²) in [6, 6.07) is 9.33. The Bertz CT molecular complexity index is 836. The number of nitrogens with zero attached hydrogens (tertiary/aromatic N) is 3. The maximum absolute atomic E-state index is 11.5. The SMILES string of the molecule is CC(c1cccc(C#N)c1)c1nc(C2CCS(=O)(=O)C2)no1. The summed E-state index contributed by atoms with van der Waals surface area (Å²) in [6.45, 7) is 1.92. The highest BCUT2D eigenvalue weighted by molar-refractivity contribution is 7.91. The van der Waals surface area contributed by atoms with Crippen molar-refractivity contribution >= 4 is 9.84 Å². The predicted octanol–water partition coefficient (Wildman–Crippen LogP) is 2.00. The smallest absolute Gasteiger partial charge is 0.233 e. The molecule has 2 atom stereocenters. The third-order valence-corrected chi connectivity index (χ3v) is 5.71. The third-order valence-electron chi connectivity index (χ3n) is 3.94. The number of hydrogen-bond acceptors (Lipinski definition) is 6. The molecule has 0 radical (unpaired) electrons. The third kappa shape index (κ3) is 2.88. The maximum atomic E-state index is 11.5. The maximum Gasteiger partial charge on any atom is 0.233 e. The van der Waals surface area contributed by atoms with Gasteiger partial charge in [-0.3, -0.25) is 0 Å². The van der Waals surface area contributed by atoms with Crippen LogP contribution in [0.25, 0.3) is 0 Å². The van der Waals surface area contributed by atoms with Gasteiger partial charge in [0.1, 0.15) is 0 Å². The minimum absolute atomic E-state index is 0.0876. The molecule has 0 amide bonds. The van der Waals surface area contributed by atoms with Crippen molar-refractivity contribution in [1.29, 1.82) is 5.26 Å². The Morgan fingerprint density at radius 2 is 2.27 bits per heavy atom. The molecule has 22 heavy (non-hydrogen) atoms. The summed E-state index contributed by atoms with van der Waals surface area (Å²) in [7, 11) is -2.97. The number of aromatic nitrogens is 2. The van der Waals surface area contributed by atoms with Crippen LogP contribution in [0.3, 0.4) is 0 Å². The van der Waals surface area contributed by atoms with Gasteiger partial charge in [0.25, 0.3) is 0 Å². The van der Waals surface area contributed by atoms with E-state index in [1.807, 2.05) is 19.1 Å². The monoisotopic (exact) mass is 317 g/mol. The number of hydrogen-bond donors (Lipinski definition) is 0. The van der Waals surface area contributed by atoms with E-state index in [-0.39, 0.29) is 23.3 Å². The van der Waals surface area contributed by atoms with Gasteiger partial charge in [0, 0.05) is 5.92 Å². The topological polar surface area (TPSA) is 96.8 Å². The average molecular weight is 317 g/mol. The van der Waals surface area contributed by atoms with Gasteiger partial charge in [0.05, 0.1) is 29.1 Å². The molecular weight excluding hydrogens is 302 g/mol. The summed E-state index contributed by atoms with van der Waals surface area (Å²) in [5.41, 5.74) is 1.49. The number of sulfone groups is 1. The Labute approximate surface area is 128 Å². The fraction of sp³-hybridized carbons (Fsp3) is 0.400. The Morgan fingerprint density at radius 1 is 1.45 bits per heavy atom. The van der Waals surface area contributed by atoms with E-state index in [0.29, 0.717) is 23.7 Å². The molecular formula is C15H15N3O3S. The predicted molar refractivity (Wildman–Crippen MR) is 79.0 cm³/mol. The van der Waals surface area contributed by atoms with E-state index in [1.54, 1.807) is 12.1 Å². The van der Waals surface area contributed by atoms with E-state index in [0.717, 1.165) is 5.56 Å². The molecule has 0 aliphatic carbocycles. The zero-order valence-corrected chi connectivity index (χ0v) is 12.9. The Hall–Kier alpha value is -2.20. The van der Waals surface area contributed by atoms with Crippen molar-refractivity contribution < 1.29 is 12.9 Å². The molecule has 0 saturated carbocycles. The average Bonchev–Trinajstić information content (AvgIpc) is 3.13. The Morgan fingerprint density at radius 3 is 2.95 bits per heavy atom. The highest BCUT2D eigenvalue weighted by Gasteiger charge is 2.32.